The van der Waals surface area contributed by atoms with Crippen LogP contribution in [0.4, 0.5) is 0 Å². The fourth-order valence-electron chi connectivity index (χ4n) is 2.73. The minimum atomic E-state index is 0.654. The molecule has 0 aliphatic heterocycles. The van der Waals surface area contributed by atoms with Crippen molar-refractivity contribution in [3.05, 3.63) is 76.9 Å². The Bertz CT molecular complexity index is 683. The Morgan fingerprint density at radius 2 is 1.58 bits per heavy atom. The van der Waals surface area contributed by atoms with E-state index in [4.69, 9.17) is 0 Å². The Balaban J connectivity index is 2.35. The van der Waals surface area contributed by atoms with Crippen LogP contribution in [0.5, 0.6) is 0 Å². The van der Waals surface area contributed by atoms with E-state index < -0.39 is 0 Å². The van der Waals surface area contributed by atoms with E-state index in [1.165, 1.54) is 16.7 Å². The lowest BCUT2D eigenvalue weighted by Gasteiger charge is -2.10. The summed E-state index contributed by atoms with van der Waals surface area (Å²) in [6.45, 7) is 2.05. The molecule has 94 valence electrons. The first-order chi connectivity index (χ1) is 9.35. The molecule has 2 aromatic carbocycles. The minimum Gasteiger partial charge on any atom is -0.411 e. The topological polar surface area (TPSA) is 32.6 Å². The molecule has 1 aliphatic rings. The highest BCUT2D eigenvalue weighted by Crippen LogP contribution is 2.33. The Morgan fingerprint density at radius 3 is 2.26 bits per heavy atom. The van der Waals surface area contributed by atoms with Gasteiger partial charge in [0.1, 0.15) is 0 Å². The van der Waals surface area contributed by atoms with E-state index in [2.05, 4.69) is 29.4 Å². The van der Waals surface area contributed by atoms with Crippen molar-refractivity contribution in [1.82, 2.24) is 0 Å². The highest BCUT2D eigenvalue weighted by molar-refractivity contribution is 6.08. The summed E-state index contributed by atoms with van der Waals surface area (Å²) in [5.74, 6) is 0. The largest absolute Gasteiger partial charge is 0.411 e. The molecule has 0 unspecified atom stereocenters. The van der Waals surface area contributed by atoms with E-state index in [9.17, 15) is 5.21 Å². The van der Waals surface area contributed by atoms with Gasteiger partial charge in [-0.2, -0.15) is 0 Å². The fourth-order valence-corrected chi connectivity index (χ4v) is 2.73. The van der Waals surface area contributed by atoms with Gasteiger partial charge in [0, 0.05) is 12.0 Å². The molecule has 0 heterocycles. The van der Waals surface area contributed by atoms with Crippen LogP contribution in [-0.2, 0) is 6.42 Å². The molecule has 0 amide bonds. The maximum atomic E-state index is 9.32. The summed E-state index contributed by atoms with van der Waals surface area (Å²) in [6, 6.07) is 16.4. The Labute approximate surface area is 112 Å². The average Bonchev–Trinajstić information content (AvgIpc) is 2.61. The number of hydrogen-bond donors (Lipinski definition) is 1. The molecule has 2 nitrogen and oxygen atoms in total. The smallest absolute Gasteiger partial charge is 0.0917 e. The highest BCUT2D eigenvalue weighted by atomic mass is 16.4. The number of allylic oxidation sites excluding steroid dienone is 1. The summed E-state index contributed by atoms with van der Waals surface area (Å²) in [4.78, 5) is 0. The van der Waals surface area contributed by atoms with E-state index in [0.717, 1.165) is 16.8 Å². The Morgan fingerprint density at radius 1 is 0.947 bits per heavy atom. The van der Waals surface area contributed by atoms with Crippen molar-refractivity contribution in [1.29, 1.82) is 0 Å². The molecule has 1 aliphatic carbocycles. The van der Waals surface area contributed by atoms with Gasteiger partial charge < -0.3 is 5.21 Å². The van der Waals surface area contributed by atoms with Gasteiger partial charge in [0.05, 0.1) is 5.71 Å². The third kappa shape index (κ3) is 1.85. The third-order valence-electron chi connectivity index (χ3n) is 3.60. The van der Waals surface area contributed by atoms with Gasteiger partial charge in [0.15, 0.2) is 0 Å². The molecule has 0 atom stereocenters. The molecule has 3 rings (SSSR count). The van der Waals surface area contributed by atoms with Crippen molar-refractivity contribution < 1.29 is 5.21 Å². The zero-order chi connectivity index (χ0) is 13.2. The summed E-state index contributed by atoms with van der Waals surface area (Å²) in [7, 11) is 0. The number of rotatable bonds is 0. The van der Waals surface area contributed by atoms with Gasteiger partial charge in [-0.25, -0.2) is 0 Å². The maximum absolute atomic E-state index is 9.32. The predicted molar refractivity (Wildman–Crippen MR) is 77.7 cm³/mol. The third-order valence-corrected chi connectivity index (χ3v) is 3.60. The van der Waals surface area contributed by atoms with Crippen molar-refractivity contribution in [2.75, 3.05) is 0 Å². The van der Waals surface area contributed by atoms with E-state index in [0.29, 0.717) is 6.42 Å². The van der Waals surface area contributed by atoms with E-state index >= 15 is 0 Å². The molecule has 0 aromatic heterocycles. The second-order valence-corrected chi connectivity index (χ2v) is 4.63. The molecular weight excluding hydrogens is 234 g/mol. The van der Waals surface area contributed by atoms with Crippen molar-refractivity contribution in [2.45, 2.75) is 13.3 Å². The van der Waals surface area contributed by atoms with Crippen LogP contribution >= 0.6 is 0 Å². The summed E-state index contributed by atoms with van der Waals surface area (Å²) in [5, 5.41) is 12.8. The first kappa shape index (κ1) is 11.7. The lowest BCUT2D eigenvalue weighted by Crippen LogP contribution is -2.05. The SMILES string of the molecule is C/C=C1/c2ccccc2C/C(=N/O)c2ccccc21. The van der Waals surface area contributed by atoms with Crippen LogP contribution in [0.3, 0.4) is 0 Å². The zero-order valence-electron chi connectivity index (χ0n) is 10.8. The maximum Gasteiger partial charge on any atom is 0.0917 e. The molecule has 0 radical (unpaired) electrons. The molecule has 19 heavy (non-hydrogen) atoms. The van der Waals surface area contributed by atoms with Crippen molar-refractivity contribution in [3.63, 3.8) is 0 Å². The summed E-state index contributed by atoms with van der Waals surface area (Å²) in [6.07, 6.45) is 2.78. The standard InChI is InChI=1S/C17H15NO/c1-2-13-14-8-4-3-7-12(14)11-17(18-19)16-10-6-5-9-15(13)16/h2-10,19H,11H2,1H3/b13-2-,18-17-. The number of hydrogen-bond acceptors (Lipinski definition) is 2. The van der Waals surface area contributed by atoms with E-state index in [1.807, 2.05) is 37.3 Å². The summed E-state index contributed by atoms with van der Waals surface area (Å²) >= 11 is 0. The second-order valence-electron chi connectivity index (χ2n) is 4.63. The molecule has 1 N–H and O–H groups in total. The lowest BCUT2D eigenvalue weighted by atomic mass is 9.94. The molecular formula is C17H15NO. The Hall–Kier alpha value is -2.35. The van der Waals surface area contributed by atoms with Crippen LogP contribution in [0.1, 0.15) is 29.2 Å². The lowest BCUT2D eigenvalue weighted by molar-refractivity contribution is 0.318. The van der Waals surface area contributed by atoms with Crippen molar-refractivity contribution >= 4 is 11.3 Å². The highest BCUT2D eigenvalue weighted by Gasteiger charge is 2.21. The van der Waals surface area contributed by atoms with Gasteiger partial charge in [-0.1, -0.05) is 59.8 Å². The monoisotopic (exact) mass is 249 g/mol. The first-order valence-electron chi connectivity index (χ1n) is 6.40. The van der Waals surface area contributed by atoms with Crippen LogP contribution in [-0.4, -0.2) is 10.9 Å². The molecule has 0 saturated carbocycles. The number of nitrogens with zero attached hydrogens (tertiary/aromatic N) is 1. The molecule has 0 saturated heterocycles. The van der Waals surface area contributed by atoms with E-state index in [1.54, 1.807) is 0 Å². The Kier molecular flexibility index (Phi) is 2.92. The van der Waals surface area contributed by atoms with Crippen molar-refractivity contribution in [2.24, 2.45) is 5.16 Å². The average molecular weight is 249 g/mol. The van der Waals surface area contributed by atoms with Crippen LogP contribution in [0, 0.1) is 0 Å². The van der Waals surface area contributed by atoms with Gasteiger partial charge in [0.2, 0.25) is 0 Å². The second kappa shape index (κ2) is 4.73. The number of fused-ring (bicyclic) bond motifs is 2. The fraction of sp³-hybridized carbons (Fsp3) is 0.118. The molecule has 2 aromatic rings. The predicted octanol–water partition coefficient (Wildman–Crippen LogP) is 3.87. The summed E-state index contributed by atoms with van der Waals surface area (Å²) in [5.41, 5.74) is 6.47. The molecule has 2 heteroatoms. The molecule has 0 bridgehead atoms. The quantitative estimate of drug-likeness (QED) is 0.558. The zero-order valence-corrected chi connectivity index (χ0v) is 10.8. The number of benzene rings is 2. The first-order valence-corrected chi connectivity index (χ1v) is 6.40. The van der Waals surface area contributed by atoms with Crippen LogP contribution in [0.15, 0.2) is 59.8 Å². The van der Waals surface area contributed by atoms with Gasteiger partial charge in [-0.15, -0.1) is 0 Å². The van der Waals surface area contributed by atoms with E-state index in [-0.39, 0.29) is 0 Å². The molecule has 0 fully saturated rings. The number of oxime groups is 1. The van der Waals surface area contributed by atoms with Crippen LogP contribution in [0.25, 0.3) is 5.57 Å². The summed E-state index contributed by atoms with van der Waals surface area (Å²) < 4.78 is 0. The minimum absolute atomic E-state index is 0.654. The van der Waals surface area contributed by atoms with Crippen LogP contribution < -0.4 is 0 Å². The van der Waals surface area contributed by atoms with Gasteiger partial charge in [0.25, 0.3) is 0 Å². The normalized spacial score (nSPS) is 17.9. The van der Waals surface area contributed by atoms with Crippen molar-refractivity contribution in [3.8, 4) is 0 Å². The van der Waals surface area contributed by atoms with Gasteiger partial charge >= 0.3 is 0 Å². The molecule has 0 spiro atoms. The van der Waals surface area contributed by atoms with Gasteiger partial charge in [-0.05, 0) is 29.2 Å². The van der Waals surface area contributed by atoms with Gasteiger partial charge in [-0.3, -0.25) is 0 Å². The van der Waals surface area contributed by atoms with Crippen LogP contribution in [0.2, 0.25) is 0 Å².